The van der Waals surface area contributed by atoms with Crippen molar-refractivity contribution < 1.29 is 14.6 Å². The maximum atomic E-state index is 12.5. The van der Waals surface area contributed by atoms with Gasteiger partial charge in [0.2, 0.25) is 5.95 Å². The van der Waals surface area contributed by atoms with E-state index in [1.54, 1.807) is 15.8 Å². The van der Waals surface area contributed by atoms with Crippen molar-refractivity contribution in [3.05, 3.63) is 72.6 Å². The van der Waals surface area contributed by atoms with Crippen molar-refractivity contribution in [2.75, 3.05) is 63.2 Å². The predicted octanol–water partition coefficient (Wildman–Crippen LogP) is 4.49. The number of aliphatic hydroxyl groups is 1. The van der Waals surface area contributed by atoms with Gasteiger partial charge >= 0.3 is 6.03 Å². The van der Waals surface area contributed by atoms with Crippen LogP contribution in [0.15, 0.2) is 67.0 Å². The van der Waals surface area contributed by atoms with Gasteiger partial charge in [0.15, 0.2) is 0 Å². The second kappa shape index (κ2) is 14.7. The third-order valence-electron chi connectivity index (χ3n) is 7.49. The number of hydrogen-bond acceptors (Lipinski definition) is 8. The van der Waals surface area contributed by atoms with Gasteiger partial charge in [-0.05, 0) is 56.2 Å². The van der Waals surface area contributed by atoms with Crippen molar-refractivity contribution in [3.63, 3.8) is 0 Å². The van der Waals surface area contributed by atoms with Crippen molar-refractivity contribution in [3.8, 4) is 22.5 Å². The number of anilines is 3. The van der Waals surface area contributed by atoms with Crippen LogP contribution >= 0.6 is 0 Å². The number of carbonyl (C=O) groups is 1. The highest BCUT2D eigenvalue weighted by Gasteiger charge is 2.17. The van der Waals surface area contributed by atoms with E-state index < -0.39 is 0 Å². The first-order valence-corrected chi connectivity index (χ1v) is 14.9. The van der Waals surface area contributed by atoms with Crippen molar-refractivity contribution in [2.24, 2.45) is 0 Å². The smallest absolute Gasteiger partial charge is 0.321 e. The van der Waals surface area contributed by atoms with Crippen molar-refractivity contribution in [2.45, 2.75) is 26.8 Å². The van der Waals surface area contributed by atoms with Gasteiger partial charge in [-0.3, -0.25) is 9.58 Å². The normalized spacial score (nSPS) is 13.6. The van der Waals surface area contributed by atoms with Gasteiger partial charge in [0, 0.05) is 67.6 Å². The molecule has 5 rings (SSSR count). The fraction of sp³-hybridized carbons (Fsp3) is 0.375. The van der Waals surface area contributed by atoms with Gasteiger partial charge in [-0.25, -0.2) is 14.8 Å². The van der Waals surface area contributed by atoms with Gasteiger partial charge in [0.1, 0.15) is 5.69 Å². The standard InChI is InChI=1S/C32H40N8O3/c1-3-39(4-2)32(42)35-26-10-8-25(9-11-26)30-28(23-40(37-30)16-19-41)29-12-14-33-31(36-29)34-27-7-5-6-24(22-27)13-15-38-17-20-43-21-18-38/h5-12,14,22-23,41H,3-4,13,15-21H2,1-2H3,(H,35,42)(H,33,34,36). The molecule has 1 fully saturated rings. The molecule has 0 unspecified atom stereocenters. The summed E-state index contributed by atoms with van der Waals surface area (Å²) in [5.74, 6) is 0.484. The van der Waals surface area contributed by atoms with E-state index in [-0.39, 0.29) is 12.6 Å². The molecule has 0 radical (unpaired) electrons. The Morgan fingerprint density at radius 1 is 1.02 bits per heavy atom. The van der Waals surface area contributed by atoms with Crippen LogP contribution < -0.4 is 10.6 Å². The molecule has 3 N–H and O–H groups in total. The van der Waals surface area contributed by atoms with Crippen LogP contribution in [0, 0.1) is 0 Å². The molecule has 2 aromatic heterocycles. The minimum atomic E-state index is -0.130. The molecule has 0 saturated carbocycles. The zero-order valence-electron chi connectivity index (χ0n) is 24.9. The number of morpholine rings is 1. The van der Waals surface area contributed by atoms with E-state index in [0.29, 0.717) is 37.0 Å². The molecule has 0 bridgehead atoms. The maximum absolute atomic E-state index is 12.5. The quantitative estimate of drug-likeness (QED) is 0.223. The summed E-state index contributed by atoms with van der Waals surface area (Å²) in [6.07, 6.45) is 4.58. The third kappa shape index (κ3) is 7.95. The van der Waals surface area contributed by atoms with Gasteiger partial charge in [-0.15, -0.1) is 0 Å². The highest BCUT2D eigenvalue weighted by molar-refractivity contribution is 5.90. The van der Waals surface area contributed by atoms with Gasteiger partial charge in [-0.2, -0.15) is 5.10 Å². The Morgan fingerprint density at radius 2 is 1.81 bits per heavy atom. The minimum absolute atomic E-state index is 0.0324. The number of hydrogen-bond donors (Lipinski definition) is 3. The summed E-state index contributed by atoms with van der Waals surface area (Å²) >= 11 is 0. The zero-order valence-corrected chi connectivity index (χ0v) is 24.9. The Morgan fingerprint density at radius 3 is 2.56 bits per heavy atom. The Balaban J connectivity index is 1.33. The second-order valence-electron chi connectivity index (χ2n) is 10.4. The summed E-state index contributed by atoms with van der Waals surface area (Å²) in [5, 5.41) is 20.6. The Bertz CT molecular complexity index is 1480. The summed E-state index contributed by atoms with van der Waals surface area (Å²) in [7, 11) is 0. The van der Waals surface area contributed by atoms with Crippen LogP contribution in [0.1, 0.15) is 19.4 Å². The second-order valence-corrected chi connectivity index (χ2v) is 10.4. The molecule has 11 heteroatoms. The summed E-state index contributed by atoms with van der Waals surface area (Å²) in [4.78, 5) is 25.9. The van der Waals surface area contributed by atoms with E-state index in [2.05, 4.69) is 32.7 Å². The van der Waals surface area contributed by atoms with E-state index in [1.165, 1.54) is 5.56 Å². The first kappa shape index (κ1) is 30.1. The number of amides is 2. The van der Waals surface area contributed by atoms with E-state index in [0.717, 1.165) is 61.8 Å². The Kier molecular flexibility index (Phi) is 10.3. The first-order valence-electron chi connectivity index (χ1n) is 14.9. The number of ether oxygens (including phenoxy) is 1. The monoisotopic (exact) mass is 584 g/mol. The molecular weight excluding hydrogens is 544 g/mol. The van der Waals surface area contributed by atoms with Crippen LogP contribution in [0.25, 0.3) is 22.5 Å². The number of urea groups is 1. The number of rotatable bonds is 12. The SMILES string of the molecule is CCN(CC)C(=O)Nc1ccc(-c2nn(CCO)cc2-c2ccnc(Nc3cccc(CCN4CCOCC4)c3)n2)cc1. The molecule has 0 aliphatic carbocycles. The molecule has 0 spiro atoms. The molecule has 2 amide bonds. The number of benzene rings is 2. The lowest BCUT2D eigenvalue weighted by atomic mass is 10.1. The van der Waals surface area contributed by atoms with Crippen LogP contribution in [0.5, 0.6) is 0 Å². The van der Waals surface area contributed by atoms with Gasteiger partial charge in [0.05, 0.1) is 32.1 Å². The molecule has 2 aromatic carbocycles. The lowest BCUT2D eigenvalue weighted by Crippen LogP contribution is -2.37. The van der Waals surface area contributed by atoms with Crippen LogP contribution in [0.3, 0.4) is 0 Å². The Labute approximate surface area is 252 Å². The number of carbonyl (C=O) groups excluding carboxylic acids is 1. The highest BCUT2D eigenvalue weighted by atomic mass is 16.5. The molecule has 0 atom stereocenters. The zero-order chi connectivity index (χ0) is 30.0. The number of nitrogens with one attached hydrogen (secondary N) is 2. The van der Waals surface area contributed by atoms with E-state index in [4.69, 9.17) is 14.8 Å². The molecule has 1 aliphatic rings. The van der Waals surface area contributed by atoms with Crippen LogP contribution in [0.4, 0.5) is 22.1 Å². The highest BCUT2D eigenvalue weighted by Crippen LogP contribution is 2.31. The number of nitrogens with zero attached hydrogens (tertiary/aromatic N) is 6. The Hall–Kier alpha value is -4.32. The molecule has 1 aliphatic heterocycles. The summed E-state index contributed by atoms with van der Waals surface area (Å²) < 4.78 is 7.18. The van der Waals surface area contributed by atoms with Crippen molar-refractivity contribution in [1.82, 2.24) is 29.5 Å². The molecule has 3 heterocycles. The molecule has 11 nitrogen and oxygen atoms in total. The van der Waals surface area contributed by atoms with E-state index in [9.17, 15) is 9.90 Å². The fourth-order valence-corrected chi connectivity index (χ4v) is 5.08. The van der Waals surface area contributed by atoms with Crippen molar-refractivity contribution >= 4 is 23.4 Å². The van der Waals surface area contributed by atoms with Crippen LogP contribution in [-0.4, -0.2) is 93.2 Å². The fourth-order valence-electron chi connectivity index (χ4n) is 5.08. The lowest BCUT2D eigenvalue weighted by Gasteiger charge is -2.26. The summed E-state index contributed by atoms with van der Waals surface area (Å²) in [5.41, 5.74) is 6.00. The van der Waals surface area contributed by atoms with Gasteiger partial charge in [0.25, 0.3) is 0 Å². The average Bonchev–Trinajstić information content (AvgIpc) is 3.46. The number of aromatic nitrogens is 4. The molecule has 43 heavy (non-hydrogen) atoms. The van der Waals surface area contributed by atoms with Gasteiger partial charge < -0.3 is 25.4 Å². The third-order valence-corrected chi connectivity index (χ3v) is 7.49. The molecule has 226 valence electrons. The molecule has 4 aromatic rings. The largest absolute Gasteiger partial charge is 0.394 e. The number of aliphatic hydroxyl groups excluding tert-OH is 1. The summed E-state index contributed by atoms with van der Waals surface area (Å²) in [6, 6.07) is 17.7. The van der Waals surface area contributed by atoms with Crippen molar-refractivity contribution in [1.29, 1.82) is 0 Å². The first-order chi connectivity index (χ1) is 21.1. The molecule has 1 saturated heterocycles. The van der Waals surface area contributed by atoms with Crippen LogP contribution in [-0.2, 0) is 17.7 Å². The average molecular weight is 585 g/mol. The summed E-state index contributed by atoms with van der Waals surface area (Å²) in [6.45, 7) is 10.1. The maximum Gasteiger partial charge on any atom is 0.321 e. The lowest BCUT2D eigenvalue weighted by molar-refractivity contribution is 0.0384. The predicted molar refractivity (Wildman–Crippen MR) is 168 cm³/mol. The minimum Gasteiger partial charge on any atom is -0.394 e. The van der Waals surface area contributed by atoms with Crippen LogP contribution in [0.2, 0.25) is 0 Å². The molecular formula is C32H40N8O3. The topological polar surface area (TPSA) is 121 Å². The van der Waals surface area contributed by atoms with E-state index in [1.807, 2.05) is 62.5 Å². The van der Waals surface area contributed by atoms with E-state index >= 15 is 0 Å². The van der Waals surface area contributed by atoms with Gasteiger partial charge in [-0.1, -0.05) is 24.3 Å².